The molecule has 0 aromatic rings. The van der Waals surface area contributed by atoms with Gasteiger partial charge in [-0.25, -0.2) is 4.79 Å². The van der Waals surface area contributed by atoms with Gasteiger partial charge in [-0.2, -0.15) is 0 Å². The molecular formula is C11H23N3O2. The van der Waals surface area contributed by atoms with E-state index in [0.29, 0.717) is 6.54 Å². The van der Waals surface area contributed by atoms with Gasteiger partial charge in [0.2, 0.25) is 0 Å². The van der Waals surface area contributed by atoms with E-state index in [1.54, 1.807) is 4.90 Å². The second-order valence-electron chi connectivity index (χ2n) is 4.76. The summed E-state index contributed by atoms with van der Waals surface area (Å²) >= 11 is 0. The molecule has 0 radical (unpaired) electrons. The second kappa shape index (κ2) is 6.06. The molecule has 16 heavy (non-hydrogen) atoms. The van der Waals surface area contributed by atoms with Crippen molar-refractivity contribution in [1.82, 2.24) is 10.2 Å². The molecule has 0 unspecified atom stereocenters. The standard InChI is InChI=1S/C11H23N3O2/c1-11(2,4-3-5-12)16-10(15)14-8-6-13-7-9-14/h13H,3-9,12H2,1-2H3. The van der Waals surface area contributed by atoms with Gasteiger partial charge in [0.25, 0.3) is 0 Å². The van der Waals surface area contributed by atoms with Crippen molar-refractivity contribution >= 4 is 6.09 Å². The number of hydrogen-bond donors (Lipinski definition) is 2. The molecule has 94 valence electrons. The van der Waals surface area contributed by atoms with Gasteiger partial charge in [-0.1, -0.05) is 0 Å². The Labute approximate surface area is 97.3 Å². The molecular weight excluding hydrogens is 206 g/mol. The lowest BCUT2D eigenvalue weighted by atomic mass is 10.0. The predicted molar refractivity (Wildman–Crippen MR) is 63.3 cm³/mol. The molecule has 5 heteroatoms. The van der Waals surface area contributed by atoms with E-state index < -0.39 is 5.60 Å². The average Bonchev–Trinajstić information content (AvgIpc) is 2.27. The third-order valence-corrected chi connectivity index (χ3v) is 2.72. The van der Waals surface area contributed by atoms with Crippen LogP contribution in [0, 0.1) is 0 Å². The van der Waals surface area contributed by atoms with Crippen molar-refractivity contribution in [2.45, 2.75) is 32.3 Å². The Kier molecular flexibility index (Phi) is 5.02. The van der Waals surface area contributed by atoms with E-state index in [0.717, 1.165) is 39.0 Å². The van der Waals surface area contributed by atoms with E-state index in [9.17, 15) is 4.79 Å². The summed E-state index contributed by atoms with van der Waals surface area (Å²) in [6.07, 6.45) is 1.48. The Hall–Kier alpha value is -0.810. The van der Waals surface area contributed by atoms with Gasteiger partial charge < -0.3 is 20.7 Å². The molecule has 1 saturated heterocycles. The normalized spacial score (nSPS) is 17.3. The van der Waals surface area contributed by atoms with Gasteiger partial charge in [-0.15, -0.1) is 0 Å². The van der Waals surface area contributed by atoms with E-state index in [1.807, 2.05) is 13.8 Å². The minimum absolute atomic E-state index is 0.205. The molecule has 5 nitrogen and oxygen atoms in total. The summed E-state index contributed by atoms with van der Waals surface area (Å²) in [4.78, 5) is 13.6. The zero-order valence-corrected chi connectivity index (χ0v) is 10.3. The fraction of sp³-hybridized carbons (Fsp3) is 0.909. The highest BCUT2D eigenvalue weighted by atomic mass is 16.6. The molecule has 1 fully saturated rings. The van der Waals surface area contributed by atoms with Gasteiger partial charge in [-0.3, -0.25) is 0 Å². The molecule has 0 bridgehead atoms. The number of amides is 1. The molecule has 3 N–H and O–H groups in total. The Balaban J connectivity index is 2.36. The number of rotatable bonds is 4. The third kappa shape index (κ3) is 4.37. The van der Waals surface area contributed by atoms with Crippen molar-refractivity contribution in [3.8, 4) is 0 Å². The summed E-state index contributed by atoms with van der Waals surface area (Å²) in [7, 11) is 0. The van der Waals surface area contributed by atoms with Gasteiger partial charge in [0.05, 0.1) is 0 Å². The van der Waals surface area contributed by atoms with Gasteiger partial charge in [0.15, 0.2) is 0 Å². The molecule has 0 atom stereocenters. The first kappa shape index (κ1) is 13.3. The lowest BCUT2D eigenvalue weighted by Crippen LogP contribution is -2.48. The van der Waals surface area contributed by atoms with E-state index in [-0.39, 0.29) is 6.09 Å². The molecule has 0 aromatic carbocycles. The lowest BCUT2D eigenvalue weighted by Gasteiger charge is -2.32. The zero-order chi connectivity index (χ0) is 12.0. The first-order chi connectivity index (χ1) is 7.55. The molecule has 0 aromatic heterocycles. The minimum Gasteiger partial charge on any atom is -0.443 e. The van der Waals surface area contributed by atoms with Crippen LogP contribution in [0.1, 0.15) is 26.7 Å². The van der Waals surface area contributed by atoms with Crippen LogP contribution in [-0.2, 0) is 4.74 Å². The largest absolute Gasteiger partial charge is 0.443 e. The number of nitrogens with zero attached hydrogens (tertiary/aromatic N) is 1. The van der Waals surface area contributed by atoms with Crippen LogP contribution in [0.25, 0.3) is 0 Å². The van der Waals surface area contributed by atoms with Crippen molar-refractivity contribution in [2.75, 3.05) is 32.7 Å². The molecule has 1 rings (SSSR count). The number of hydrogen-bond acceptors (Lipinski definition) is 4. The predicted octanol–water partition coefficient (Wildman–Crippen LogP) is 0.546. The summed E-state index contributed by atoms with van der Waals surface area (Å²) in [6, 6.07) is 0. The average molecular weight is 229 g/mol. The highest BCUT2D eigenvalue weighted by Gasteiger charge is 2.26. The molecule has 1 aliphatic rings. The van der Waals surface area contributed by atoms with Crippen LogP contribution >= 0.6 is 0 Å². The van der Waals surface area contributed by atoms with Crippen molar-refractivity contribution < 1.29 is 9.53 Å². The number of nitrogens with one attached hydrogen (secondary N) is 1. The van der Waals surface area contributed by atoms with Crippen molar-refractivity contribution in [2.24, 2.45) is 5.73 Å². The maximum Gasteiger partial charge on any atom is 0.410 e. The summed E-state index contributed by atoms with van der Waals surface area (Å²) in [5, 5.41) is 3.20. The van der Waals surface area contributed by atoms with Crippen LogP contribution in [0.3, 0.4) is 0 Å². The topological polar surface area (TPSA) is 67.6 Å². The van der Waals surface area contributed by atoms with E-state index in [4.69, 9.17) is 10.5 Å². The molecule has 1 aliphatic heterocycles. The van der Waals surface area contributed by atoms with E-state index in [1.165, 1.54) is 0 Å². The maximum atomic E-state index is 11.8. The van der Waals surface area contributed by atoms with Gasteiger partial charge in [0.1, 0.15) is 5.60 Å². The number of ether oxygens (including phenoxy) is 1. The Bertz CT molecular complexity index is 225. The quantitative estimate of drug-likeness (QED) is 0.738. The molecule has 0 saturated carbocycles. The van der Waals surface area contributed by atoms with Crippen LogP contribution in [0.5, 0.6) is 0 Å². The van der Waals surface area contributed by atoms with E-state index >= 15 is 0 Å². The molecule has 0 aliphatic carbocycles. The Morgan fingerprint density at radius 2 is 2.06 bits per heavy atom. The monoisotopic (exact) mass is 229 g/mol. The minimum atomic E-state index is -0.415. The second-order valence-corrected chi connectivity index (χ2v) is 4.76. The molecule has 1 amide bonds. The summed E-state index contributed by atoms with van der Waals surface area (Å²) in [5.41, 5.74) is 5.03. The van der Waals surface area contributed by atoms with Crippen molar-refractivity contribution in [3.05, 3.63) is 0 Å². The summed E-state index contributed by atoms with van der Waals surface area (Å²) < 4.78 is 5.48. The number of nitrogens with two attached hydrogens (primary N) is 1. The Morgan fingerprint density at radius 1 is 1.44 bits per heavy atom. The lowest BCUT2D eigenvalue weighted by molar-refractivity contribution is 0.00602. The number of carbonyl (C=O) groups excluding carboxylic acids is 1. The van der Waals surface area contributed by atoms with Gasteiger partial charge in [0, 0.05) is 26.2 Å². The fourth-order valence-electron chi connectivity index (χ4n) is 1.73. The summed E-state index contributed by atoms with van der Waals surface area (Å²) in [5.74, 6) is 0. The van der Waals surface area contributed by atoms with Crippen LogP contribution in [0.15, 0.2) is 0 Å². The molecule has 1 heterocycles. The van der Waals surface area contributed by atoms with Crippen molar-refractivity contribution in [3.63, 3.8) is 0 Å². The van der Waals surface area contributed by atoms with Crippen molar-refractivity contribution in [1.29, 1.82) is 0 Å². The van der Waals surface area contributed by atoms with Gasteiger partial charge in [-0.05, 0) is 33.2 Å². The fourth-order valence-corrected chi connectivity index (χ4v) is 1.73. The third-order valence-electron chi connectivity index (χ3n) is 2.72. The van der Waals surface area contributed by atoms with Gasteiger partial charge >= 0.3 is 6.09 Å². The SMILES string of the molecule is CC(C)(CCCN)OC(=O)N1CCNCC1. The molecule has 0 spiro atoms. The van der Waals surface area contributed by atoms with Crippen LogP contribution in [-0.4, -0.2) is 49.3 Å². The summed E-state index contributed by atoms with van der Waals surface area (Å²) in [6.45, 7) is 7.65. The highest BCUT2D eigenvalue weighted by Crippen LogP contribution is 2.17. The first-order valence-corrected chi connectivity index (χ1v) is 5.94. The Morgan fingerprint density at radius 3 is 2.62 bits per heavy atom. The maximum absolute atomic E-state index is 11.8. The van der Waals surface area contributed by atoms with E-state index in [2.05, 4.69) is 5.32 Å². The first-order valence-electron chi connectivity index (χ1n) is 5.94. The van der Waals surface area contributed by atoms with Crippen LogP contribution in [0.2, 0.25) is 0 Å². The highest BCUT2D eigenvalue weighted by molar-refractivity contribution is 5.68. The van der Waals surface area contributed by atoms with Crippen LogP contribution in [0.4, 0.5) is 4.79 Å². The number of piperazine rings is 1. The smallest absolute Gasteiger partial charge is 0.410 e. The number of carbonyl (C=O) groups is 1. The zero-order valence-electron chi connectivity index (χ0n) is 10.3. The van der Waals surface area contributed by atoms with Crippen LogP contribution < -0.4 is 11.1 Å².